The summed E-state index contributed by atoms with van der Waals surface area (Å²) in [6, 6.07) is 11.5. The lowest BCUT2D eigenvalue weighted by Crippen LogP contribution is -2.29. The molecule has 1 amide bonds. The van der Waals surface area contributed by atoms with Gasteiger partial charge >= 0.3 is 0 Å². The molecule has 0 aliphatic heterocycles. The normalized spacial score (nSPS) is 20.3. The van der Waals surface area contributed by atoms with E-state index in [0.29, 0.717) is 17.1 Å². The second-order valence-corrected chi connectivity index (χ2v) is 8.97. The molecule has 0 heterocycles. The maximum absolute atomic E-state index is 12.9. The number of nitrogens with one attached hydrogen (secondary N) is 1. The Morgan fingerprint density at radius 3 is 2.25 bits per heavy atom. The topological polar surface area (TPSA) is 108 Å². The van der Waals surface area contributed by atoms with Gasteiger partial charge in [0.2, 0.25) is 10.0 Å². The minimum atomic E-state index is -3.73. The van der Waals surface area contributed by atoms with Crippen molar-refractivity contribution in [2.24, 2.45) is 10.6 Å². The van der Waals surface area contributed by atoms with Crippen molar-refractivity contribution in [1.29, 1.82) is 0 Å². The summed E-state index contributed by atoms with van der Waals surface area (Å²) in [4.78, 5) is 12.9. The van der Waals surface area contributed by atoms with E-state index in [1.807, 2.05) is 0 Å². The first-order valence-electron chi connectivity index (χ1n) is 8.76. The Kier molecular flexibility index (Phi) is 5.12. The van der Waals surface area contributed by atoms with Gasteiger partial charge in [0.05, 0.1) is 24.7 Å². The summed E-state index contributed by atoms with van der Waals surface area (Å²) in [5.41, 5.74) is 1.17. The third-order valence-corrected chi connectivity index (χ3v) is 6.26. The molecule has 0 aromatic heterocycles. The molecular formula is C20H24N2O5S. The van der Waals surface area contributed by atoms with E-state index in [1.54, 1.807) is 30.3 Å². The van der Waals surface area contributed by atoms with Gasteiger partial charge in [-0.2, -0.15) is 0 Å². The number of methoxy groups -OCH3 is 2. The number of ether oxygens (including phenoxy) is 2. The number of primary sulfonamides is 1. The van der Waals surface area contributed by atoms with Crippen molar-refractivity contribution in [1.82, 2.24) is 5.32 Å². The van der Waals surface area contributed by atoms with Gasteiger partial charge in [-0.05, 0) is 35.2 Å². The smallest absolute Gasteiger partial charge is 0.255 e. The summed E-state index contributed by atoms with van der Waals surface area (Å²) in [6.07, 6.45) is 0. The zero-order valence-corrected chi connectivity index (χ0v) is 17.0. The van der Waals surface area contributed by atoms with Crippen LogP contribution in [-0.2, 0) is 10.0 Å². The van der Waals surface area contributed by atoms with E-state index in [4.69, 9.17) is 14.6 Å². The summed E-state index contributed by atoms with van der Waals surface area (Å²) in [7, 11) is -0.722. The molecule has 1 saturated carbocycles. The Morgan fingerprint density at radius 1 is 1.07 bits per heavy atom. The monoisotopic (exact) mass is 404 g/mol. The third kappa shape index (κ3) is 3.57. The highest BCUT2D eigenvalue weighted by Gasteiger charge is 2.59. The molecule has 2 aromatic carbocycles. The lowest BCUT2D eigenvalue weighted by molar-refractivity contribution is 0.0942. The zero-order valence-electron chi connectivity index (χ0n) is 16.2. The minimum absolute atomic E-state index is 0.0579. The number of benzene rings is 2. The number of nitrogens with two attached hydrogens (primary N) is 1. The van der Waals surface area contributed by atoms with Gasteiger partial charge in [-0.15, -0.1) is 0 Å². The molecule has 0 radical (unpaired) electrons. The van der Waals surface area contributed by atoms with Crippen molar-refractivity contribution in [3.05, 3.63) is 53.6 Å². The third-order valence-electron chi connectivity index (χ3n) is 5.33. The summed E-state index contributed by atoms with van der Waals surface area (Å²) in [5.74, 6) is 0.676. The average molecular weight is 404 g/mol. The van der Waals surface area contributed by atoms with E-state index in [0.717, 1.165) is 5.56 Å². The van der Waals surface area contributed by atoms with Gasteiger partial charge in [0.15, 0.2) is 11.5 Å². The van der Waals surface area contributed by atoms with Crippen LogP contribution >= 0.6 is 0 Å². The Balaban J connectivity index is 1.81. The number of amides is 1. The number of hydrogen-bond donors (Lipinski definition) is 2. The summed E-state index contributed by atoms with van der Waals surface area (Å²) in [5, 5.41) is 8.22. The lowest BCUT2D eigenvalue weighted by Gasteiger charge is -2.13. The Bertz CT molecular complexity index is 1000. The van der Waals surface area contributed by atoms with Crippen LogP contribution < -0.4 is 19.9 Å². The Hall–Kier alpha value is -2.58. The van der Waals surface area contributed by atoms with Crippen LogP contribution in [0.2, 0.25) is 0 Å². The van der Waals surface area contributed by atoms with Crippen molar-refractivity contribution >= 4 is 15.9 Å². The van der Waals surface area contributed by atoms with E-state index in [2.05, 4.69) is 19.2 Å². The molecular weight excluding hydrogens is 380 g/mol. The number of rotatable bonds is 6. The number of sulfonamides is 1. The van der Waals surface area contributed by atoms with Gasteiger partial charge in [0, 0.05) is 12.0 Å². The summed E-state index contributed by atoms with van der Waals surface area (Å²) >= 11 is 0. The first-order chi connectivity index (χ1) is 13.1. The number of carbonyl (C=O) groups is 1. The first-order valence-corrected chi connectivity index (χ1v) is 10.3. The van der Waals surface area contributed by atoms with Crippen LogP contribution in [0.5, 0.6) is 11.5 Å². The van der Waals surface area contributed by atoms with Gasteiger partial charge in [-0.1, -0.05) is 32.0 Å². The second-order valence-electron chi connectivity index (χ2n) is 7.41. The lowest BCUT2D eigenvalue weighted by atomic mass is 10.0. The molecule has 8 heteroatoms. The van der Waals surface area contributed by atoms with Crippen LogP contribution in [0.3, 0.4) is 0 Å². The van der Waals surface area contributed by atoms with E-state index in [9.17, 15) is 13.2 Å². The highest BCUT2D eigenvalue weighted by molar-refractivity contribution is 7.89. The van der Waals surface area contributed by atoms with Crippen LogP contribution in [0, 0.1) is 5.41 Å². The molecule has 1 fully saturated rings. The van der Waals surface area contributed by atoms with Gasteiger partial charge in [0.1, 0.15) is 0 Å². The van der Waals surface area contributed by atoms with Crippen molar-refractivity contribution in [3.8, 4) is 11.5 Å². The highest BCUT2D eigenvalue weighted by atomic mass is 32.2. The van der Waals surface area contributed by atoms with Crippen molar-refractivity contribution < 1.29 is 22.7 Å². The molecule has 1 aliphatic rings. The Labute approximate surface area is 164 Å². The van der Waals surface area contributed by atoms with Gasteiger partial charge < -0.3 is 14.8 Å². The molecule has 1 aliphatic carbocycles. The fourth-order valence-corrected chi connectivity index (χ4v) is 4.19. The number of hydrogen-bond acceptors (Lipinski definition) is 5. The molecule has 3 N–H and O–H groups in total. The minimum Gasteiger partial charge on any atom is -0.493 e. The SMILES string of the molecule is COc1cccc(C(=O)N[C@@H]2[C@@H](c3ccc(S(N)(=O)=O)cc3)C2(C)C)c1OC. The molecule has 7 nitrogen and oxygen atoms in total. The zero-order chi connectivity index (χ0) is 20.7. The van der Waals surface area contributed by atoms with Crippen LogP contribution in [0.15, 0.2) is 47.4 Å². The van der Waals surface area contributed by atoms with Crippen LogP contribution in [0.4, 0.5) is 0 Å². The average Bonchev–Trinajstić information content (AvgIpc) is 3.19. The van der Waals surface area contributed by atoms with Gasteiger partial charge in [-0.3, -0.25) is 4.79 Å². The molecule has 0 unspecified atom stereocenters. The molecule has 2 atom stereocenters. The fraction of sp³-hybridized carbons (Fsp3) is 0.350. The molecule has 0 saturated heterocycles. The van der Waals surface area contributed by atoms with Crippen LogP contribution in [0.25, 0.3) is 0 Å². The molecule has 3 rings (SSSR count). The summed E-state index contributed by atoms with van der Waals surface area (Å²) < 4.78 is 33.5. The quantitative estimate of drug-likeness (QED) is 0.768. The second kappa shape index (κ2) is 7.10. The van der Waals surface area contributed by atoms with E-state index >= 15 is 0 Å². The van der Waals surface area contributed by atoms with Crippen LogP contribution in [-0.4, -0.2) is 34.6 Å². The predicted molar refractivity (Wildman–Crippen MR) is 105 cm³/mol. The molecule has 0 bridgehead atoms. The number of para-hydroxylation sites is 1. The van der Waals surface area contributed by atoms with Gasteiger partial charge in [0.25, 0.3) is 5.91 Å². The van der Waals surface area contributed by atoms with Gasteiger partial charge in [-0.25, -0.2) is 13.6 Å². The Morgan fingerprint density at radius 2 is 1.71 bits per heavy atom. The molecule has 150 valence electrons. The van der Waals surface area contributed by atoms with Crippen molar-refractivity contribution in [2.45, 2.75) is 30.7 Å². The first kappa shape index (κ1) is 20.2. The van der Waals surface area contributed by atoms with Crippen LogP contribution in [0.1, 0.15) is 35.7 Å². The fourth-order valence-electron chi connectivity index (χ4n) is 3.68. The van der Waals surface area contributed by atoms with E-state index in [-0.39, 0.29) is 28.2 Å². The standard InChI is InChI=1S/C20H24N2O5S/c1-20(2)16(12-8-10-13(11-9-12)28(21,24)25)18(20)22-19(23)14-6-5-7-15(26-3)17(14)27-4/h5-11,16,18H,1-4H3,(H,22,23)(H2,21,24,25)/t16-,18-/m1/s1. The maximum Gasteiger partial charge on any atom is 0.255 e. The molecule has 0 spiro atoms. The van der Waals surface area contributed by atoms with Crippen molar-refractivity contribution in [2.75, 3.05) is 14.2 Å². The van der Waals surface area contributed by atoms with E-state index in [1.165, 1.54) is 26.4 Å². The maximum atomic E-state index is 12.9. The summed E-state index contributed by atoms with van der Waals surface area (Å²) in [6.45, 7) is 4.11. The molecule has 2 aromatic rings. The van der Waals surface area contributed by atoms with E-state index < -0.39 is 10.0 Å². The number of carbonyl (C=O) groups excluding carboxylic acids is 1. The largest absolute Gasteiger partial charge is 0.493 e. The predicted octanol–water partition coefficient (Wildman–Crippen LogP) is 2.27. The van der Waals surface area contributed by atoms with Crippen molar-refractivity contribution in [3.63, 3.8) is 0 Å². The highest BCUT2D eigenvalue weighted by Crippen LogP contribution is 2.58. The molecule has 28 heavy (non-hydrogen) atoms.